The third kappa shape index (κ3) is 7.26. The average Bonchev–Trinajstić information content (AvgIpc) is 2.33. The van der Waals surface area contributed by atoms with Crippen LogP contribution in [0.3, 0.4) is 0 Å². The van der Waals surface area contributed by atoms with Crippen molar-refractivity contribution in [3.8, 4) is 0 Å². The monoisotopic (exact) mass is 263 g/mol. The number of nitrogens with one attached hydrogen (secondary N) is 1. The summed E-state index contributed by atoms with van der Waals surface area (Å²) in [5.41, 5.74) is -1.15. The molecule has 5 heteroatoms. The summed E-state index contributed by atoms with van der Waals surface area (Å²) in [6, 6.07) is 0. The lowest BCUT2D eigenvalue weighted by molar-refractivity contribution is -0.0354. The van der Waals surface area contributed by atoms with Gasteiger partial charge >= 0.3 is 0 Å². The third-order valence-corrected chi connectivity index (χ3v) is 2.91. The van der Waals surface area contributed by atoms with Crippen LogP contribution in [0.2, 0.25) is 0 Å². The highest BCUT2D eigenvalue weighted by atomic mass is 19.1. The van der Waals surface area contributed by atoms with E-state index in [4.69, 9.17) is 14.2 Å². The molecule has 1 fully saturated rings. The molecule has 0 spiro atoms. The molecule has 18 heavy (non-hydrogen) atoms. The highest BCUT2D eigenvalue weighted by Crippen LogP contribution is 2.23. The van der Waals surface area contributed by atoms with Crippen molar-refractivity contribution in [3.63, 3.8) is 0 Å². The molecule has 0 saturated carbocycles. The number of hydrogen-bond acceptors (Lipinski definition) is 4. The van der Waals surface area contributed by atoms with Gasteiger partial charge in [0.1, 0.15) is 5.67 Å². The van der Waals surface area contributed by atoms with Crippen LogP contribution in [-0.2, 0) is 14.2 Å². The second-order valence-electron chi connectivity index (χ2n) is 4.99. The number of piperidine rings is 1. The second-order valence-corrected chi connectivity index (χ2v) is 4.99. The van der Waals surface area contributed by atoms with E-state index < -0.39 is 5.67 Å². The molecule has 1 N–H and O–H groups in total. The van der Waals surface area contributed by atoms with Crippen molar-refractivity contribution in [2.75, 3.05) is 46.1 Å². The predicted molar refractivity (Wildman–Crippen MR) is 68.7 cm³/mol. The van der Waals surface area contributed by atoms with Gasteiger partial charge in [0, 0.05) is 0 Å². The average molecular weight is 263 g/mol. The number of alkyl halides is 1. The van der Waals surface area contributed by atoms with Gasteiger partial charge in [-0.2, -0.15) is 0 Å². The van der Waals surface area contributed by atoms with Crippen LogP contribution < -0.4 is 5.32 Å². The maximum absolute atomic E-state index is 14.1. The molecule has 1 saturated heterocycles. The van der Waals surface area contributed by atoms with Crippen molar-refractivity contribution >= 4 is 0 Å². The molecule has 0 aromatic heterocycles. The number of hydrogen-bond donors (Lipinski definition) is 1. The molecule has 108 valence electrons. The van der Waals surface area contributed by atoms with Gasteiger partial charge in [-0.15, -0.1) is 0 Å². The Labute approximate surface area is 109 Å². The molecule has 0 aromatic rings. The minimum atomic E-state index is -1.15. The molecule has 0 aliphatic carbocycles. The van der Waals surface area contributed by atoms with E-state index >= 15 is 0 Å². The standard InChI is InChI=1S/C13H26FNO3/c1-12(2)18-10-9-16-7-8-17-11-13(14)3-5-15-6-4-13/h12,15H,3-11H2,1-2H3. The predicted octanol–water partition coefficient (Wildman–Crippen LogP) is 1.54. The lowest BCUT2D eigenvalue weighted by Gasteiger charge is -2.29. The molecule has 0 amide bonds. The first kappa shape index (κ1) is 15.8. The highest BCUT2D eigenvalue weighted by Gasteiger charge is 2.31. The quantitative estimate of drug-likeness (QED) is 0.641. The van der Waals surface area contributed by atoms with Crippen molar-refractivity contribution < 1.29 is 18.6 Å². The minimum Gasteiger partial charge on any atom is -0.377 e. The minimum absolute atomic E-state index is 0.181. The van der Waals surface area contributed by atoms with E-state index in [1.165, 1.54) is 0 Å². The topological polar surface area (TPSA) is 39.7 Å². The van der Waals surface area contributed by atoms with Gasteiger partial charge in [0.2, 0.25) is 0 Å². The van der Waals surface area contributed by atoms with Crippen LogP contribution in [0.25, 0.3) is 0 Å². The van der Waals surface area contributed by atoms with E-state index in [-0.39, 0.29) is 12.7 Å². The fourth-order valence-corrected chi connectivity index (χ4v) is 1.84. The van der Waals surface area contributed by atoms with Gasteiger partial charge in [-0.3, -0.25) is 0 Å². The first-order chi connectivity index (χ1) is 8.62. The van der Waals surface area contributed by atoms with E-state index in [0.29, 0.717) is 39.3 Å². The van der Waals surface area contributed by atoms with E-state index in [9.17, 15) is 4.39 Å². The molecule has 0 radical (unpaired) electrons. The maximum atomic E-state index is 14.1. The summed E-state index contributed by atoms with van der Waals surface area (Å²) in [6.45, 7) is 7.73. The molecule has 0 atom stereocenters. The Balaban J connectivity index is 1.89. The lowest BCUT2D eigenvalue weighted by atomic mass is 9.96. The van der Waals surface area contributed by atoms with Crippen LogP contribution in [0.5, 0.6) is 0 Å². The zero-order valence-electron chi connectivity index (χ0n) is 11.5. The normalized spacial score (nSPS) is 19.3. The van der Waals surface area contributed by atoms with Gasteiger partial charge in [0.15, 0.2) is 0 Å². The molecule has 0 unspecified atom stereocenters. The highest BCUT2D eigenvalue weighted by molar-refractivity contribution is 4.84. The number of ether oxygens (including phenoxy) is 3. The maximum Gasteiger partial charge on any atom is 0.136 e. The Kier molecular flexibility index (Phi) is 7.74. The summed E-state index contributed by atoms with van der Waals surface area (Å²) in [4.78, 5) is 0. The zero-order valence-corrected chi connectivity index (χ0v) is 11.5. The summed E-state index contributed by atoms with van der Waals surface area (Å²) in [7, 11) is 0. The van der Waals surface area contributed by atoms with Crippen LogP contribution in [0.1, 0.15) is 26.7 Å². The van der Waals surface area contributed by atoms with Crippen LogP contribution in [0.15, 0.2) is 0 Å². The molecule has 4 nitrogen and oxygen atoms in total. The summed E-state index contributed by atoms with van der Waals surface area (Å²) in [5.74, 6) is 0. The molecule has 1 heterocycles. The van der Waals surface area contributed by atoms with E-state index in [2.05, 4.69) is 5.32 Å². The van der Waals surface area contributed by atoms with Crippen LogP contribution in [0, 0.1) is 0 Å². The summed E-state index contributed by atoms with van der Waals surface area (Å²) < 4.78 is 30.0. The lowest BCUT2D eigenvalue weighted by Crippen LogP contribution is -2.42. The molecule has 1 rings (SSSR count). The molecule has 0 bridgehead atoms. The second kappa shape index (κ2) is 8.80. The van der Waals surface area contributed by atoms with Crippen LogP contribution >= 0.6 is 0 Å². The van der Waals surface area contributed by atoms with Crippen molar-refractivity contribution in [2.45, 2.75) is 38.5 Å². The summed E-state index contributed by atoms with van der Waals surface area (Å²) in [5, 5.41) is 3.14. The van der Waals surface area contributed by atoms with E-state index in [1.54, 1.807) is 0 Å². The summed E-state index contributed by atoms with van der Waals surface area (Å²) >= 11 is 0. The van der Waals surface area contributed by atoms with Gasteiger partial charge in [-0.1, -0.05) is 0 Å². The van der Waals surface area contributed by atoms with E-state index in [1.807, 2.05) is 13.8 Å². The van der Waals surface area contributed by atoms with Crippen LogP contribution in [-0.4, -0.2) is 57.9 Å². The first-order valence-electron chi connectivity index (χ1n) is 6.79. The van der Waals surface area contributed by atoms with Crippen molar-refractivity contribution in [3.05, 3.63) is 0 Å². The fraction of sp³-hybridized carbons (Fsp3) is 1.00. The fourth-order valence-electron chi connectivity index (χ4n) is 1.84. The largest absolute Gasteiger partial charge is 0.377 e. The Morgan fingerprint density at radius 1 is 1.06 bits per heavy atom. The van der Waals surface area contributed by atoms with Gasteiger partial charge in [0.05, 0.1) is 39.1 Å². The molecular formula is C13H26FNO3. The summed E-state index contributed by atoms with van der Waals surface area (Å²) in [6.07, 6.45) is 1.31. The van der Waals surface area contributed by atoms with Gasteiger partial charge in [-0.05, 0) is 39.8 Å². The Hall–Kier alpha value is -0.230. The van der Waals surface area contributed by atoms with Gasteiger partial charge in [-0.25, -0.2) is 4.39 Å². The Bertz CT molecular complexity index is 208. The van der Waals surface area contributed by atoms with Gasteiger partial charge in [0.25, 0.3) is 0 Å². The smallest absolute Gasteiger partial charge is 0.136 e. The van der Waals surface area contributed by atoms with Crippen molar-refractivity contribution in [2.24, 2.45) is 0 Å². The Morgan fingerprint density at radius 2 is 1.67 bits per heavy atom. The molecule has 1 aliphatic heterocycles. The number of halogens is 1. The number of rotatable bonds is 9. The first-order valence-corrected chi connectivity index (χ1v) is 6.79. The van der Waals surface area contributed by atoms with Crippen molar-refractivity contribution in [1.82, 2.24) is 5.32 Å². The van der Waals surface area contributed by atoms with Crippen molar-refractivity contribution in [1.29, 1.82) is 0 Å². The third-order valence-electron chi connectivity index (χ3n) is 2.91. The molecule has 0 aromatic carbocycles. The zero-order chi connectivity index (χ0) is 13.3. The van der Waals surface area contributed by atoms with E-state index in [0.717, 1.165) is 13.1 Å². The van der Waals surface area contributed by atoms with Crippen LogP contribution in [0.4, 0.5) is 4.39 Å². The molecular weight excluding hydrogens is 237 g/mol. The SMILES string of the molecule is CC(C)OCCOCCOCC1(F)CCNCC1. The molecule has 1 aliphatic rings. The van der Waals surface area contributed by atoms with Gasteiger partial charge < -0.3 is 19.5 Å². The Morgan fingerprint density at radius 3 is 2.33 bits per heavy atom.